The minimum Gasteiger partial charge on any atom is -0.192 e. The lowest BCUT2D eigenvalue weighted by Gasteiger charge is -2.38. The van der Waals surface area contributed by atoms with Crippen molar-refractivity contribution in [3.63, 3.8) is 0 Å². The molecule has 0 aromatic rings. The van der Waals surface area contributed by atoms with Crippen LogP contribution in [-0.2, 0) is 0 Å². The molecule has 4 heteroatoms. The standard InChI is InChI=1S/C20H30N2Si2/c1-16(2)24(17(3)4,18(5)6)13-11-19(20(14-21)15-22)10-12-23(7,8)9/h16-18H,1-9H3. The molecule has 0 aromatic heterocycles. The van der Waals surface area contributed by atoms with E-state index in [0.29, 0.717) is 22.2 Å². The van der Waals surface area contributed by atoms with Crippen LogP contribution in [0.3, 0.4) is 0 Å². The lowest BCUT2D eigenvalue weighted by atomic mass is 10.1. The van der Waals surface area contributed by atoms with Crippen LogP contribution in [-0.4, -0.2) is 16.1 Å². The maximum Gasteiger partial charge on any atom is 0.153 e. The molecule has 0 unspecified atom stereocenters. The summed E-state index contributed by atoms with van der Waals surface area (Å²) in [7, 11) is -3.51. The van der Waals surface area contributed by atoms with Crippen molar-refractivity contribution in [3.05, 3.63) is 11.1 Å². The third-order valence-electron chi connectivity index (χ3n) is 4.31. The van der Waals surface area contributed by atoms with E-state index in [1.165, 1.54) is 0 Å². The molecule has 0 rings (SSSR count). The Morgan fingerprint density at radius 3 is 1.33 bits per heavy atom. The molecule has 0 spiro atoms. The fourth-order valence-corrected chi connectivity index (χ4v) is 8.85. The van der Waals surface area contributed by atoms with E-state index in [1.807, 2.05) is 12.1 Å². The summed E-state index contributed by atoms with van der Waals surface area (Å²) in [6.07, 6.45) is 0. The minimum absolute atomic E-state index is 0.0346. The lowest BCUT2D eigenvalue weighted by molar-refractivity contribution is 0.838. The number of nitrogens with zero attached hydrogens (tertiary/aromatic N) is 2. The predicted molar refractivity (Wildman–Crippen MR) is 108 cm³/mol. The number of nitriles is 2. The highest BCUT2D eigenvalue weighted by Gasteiger charge is 2.41. The first-order valence-electron chi connectivity index (χ1n) is 8.53. The van der Waals surface area contributed by atoms with Crippen molar-refractivity contribution in [1.29, 1.82) is 10.5 Å². The summed E-state index contributed by atoms with van der Waals surface area (Å²) < 4.78 is 0. The minimum atomic E-state index is -1.91. The van der Waals surface area contributed by atoms with Gasteiger partial charge in [-0.2, -0.15) is 10.5 Å². The van der Waals surface area contributed by atoms with Crippen molar-refractivity contribution in [3.8, 4) is 35.1 Å². The van der Waals surface area contributed by atoms with Crippen LogP contribution in [0.1, 0.15) is 41.5 Å². The molecule has 128 valence electrons. The summed E-state index contributed by atoms with van der Waals surface area (Å²) in [6, 6.07) is 3.91. The van der Waals surface area contributed by atoms with Crippen molar-refractivity contribution >= 4 is 16.1 Å². The van der Waals surface area contributed by atoms with E-state index >= 15 is 0 Å². The molecule has 0 N–H and O–H groups in total. The molecule has 24 heavy (non-hydrogen) atoms. The summed E-state index contributed by atoms with van der Waals surface area (Å²) >= 11 is 0. The predicted octanol–water partition coefficient (Wildman–Crippen LogP) is 5.43. The first-order chi connectivity index (χ1) is 10.9. The Bertz CT molecular complexity index is 647. The highest BCUT2D eigenvalue weighted by molar-refractivity contribution is 6.90. The van der Waals surface area contributed by atoms with Crippen LogP contribution in [0.5, 0.6) is 0 Å². The summed E-state index contributed by atoms with van der Waals surface area (Å²) in [6.45, 7) is 19.9. The molecule has 0 amide bonds. The van der Waals surface area contributed by atoms with Crippen LogP contribution >= 0.6 is 0 Å². The molecule has 0 aromatic carbocycles. The Kier molecular flexibility index (Phi) is 8.30. The second-order valence-corrected chi connectivity index (χ2v) is 18.5. The van der Waals surface area contributed by atoms with E-state index in [1.54, 1.807) is 0 Å². The van der Waals surface area contributed by atoms with E-state index in [0.717, 1.165) is 0 Å². The summed E-state index contributed by atoms with van der Waals surface area (Å²) in [4.78, 5) is 0. The lowest BCUT2D eigenvalue weighted by Crippen LogP contribution is -2.43. The van der Waals surface area contributed by atoms with Crippen LogP contribution in [0.25, 0.3) is 0 Å². The molecule has 0 saturated carbocycles. The average Bonchev–Trinajstić information content (AvgIpc) is 2.43. The summed E-state index contributed by atoms with van der Waals surface area (Å²) in [5, 5.41) is 18.5. The largest absolute Gasteiger partial charge is 0.192 e. The second kappa shape index (κ2) is 8.94. The van der Waals surface area contributed by atoms with Crippen molar-refractivity contribution in [2.75, 3.05) is 0 Å². The molecular weight excluding hydrogens is 324 g/mol. The monoisotopic (exact) mass is 354 g/mol. The van der Waals surface area contributed by atoms with Crippen molar-refractivity contribution in [2.45, 2.75) is 77.8 Å². The molecule has 2 nitrogen and oxygen atoms in total. The van der Waals surface area contributed by atoms with Gasteiger partial charge in [0.25, 0.3) is 0 Å². The summed E-state index contributed by atoms with van der Waals surface area (Å²) in [5.74, 6) is 6.22. The third kappa shape index (κ3) is 5.72. The van der Waals surface area contributed by atoms with Crippen molar-refractivity contribution < 1.29 is 0 Å². The van der Waals surface area contributed by atoms with Crippen molar-refractivity contribution in [2.24, 2.45) is 0 Å². The number of rotatable bonds is 3. The Labute approximate surface area is 151 Å². The van der Waals surface area contributed by atoms with Gasteiger partial charge in [-0.25, -0.2) is 0 Å². The second-order valence-electron chi connectivity index (χ2n) is 8.12. The molecule has 0 heterocycles. The summed E-state index contributed by atoms with van der Waals surface area (Å²) in [5.41, 5.74) is 8.74. The fraction of sp³-hybridized carbons (Fsp3) is 0.600. The van der Waals surface area contributed by atoms with Crippen LogP contribution in [0.15, 0.2) is 11.1 Å². The van der Waals surface area contributed by atoms with Gasteiger partial charge in [-0.3, -0.25) is 0 Å². The van der Waals surface area contributed by atoms with Crippen LogP contribution in [0.4, 0.5) is 0 Å². The Balaban J connectivity index is 6.43. The zero-order chi connectivity index (χ0) is 19.1. The Morgan fingerprint density at radius 1 is 0.667 bits per heavy atom. The zero-order valence-corrected chi connectivity index (χ0v) is 18.6. The first-order valence-corrected chi connectivity index (χ1v) is 14.3. The normalized spacial score (nSPS) is 11.1. The fourth-order valence-electron chi connectivity index (χ4n) is 3.15. The Morgan fingerprint density at radius 2 is 1.04 bits per heavy atom. The maximum atomic E-state index is 9.24. The maximum absolute atomic E-state index is 9.24. The van der Waals surface area contributed by atoms with Crippen LogP contribution in [0.2, 0.25) is 36.3 Å². The van der Waals surface area contributed by atoms with Gasteiger partial charge >= 0.3 is 0 Å². The number of allylic oxidation sites excluding steroid dienone is 2. The van der Waals surface area contributed by atoms with Gasteiger partial charge in [-0.15, -0.1) is 11.1 Å². The molecule has 0 aliphatic rings. The zero-order valence-electron chi connectivity index (χ0n) is 16.6. The third-order valence-corrected chi connectivity index (χ3v) is 11.5. The van der Waals surface area contributed by atoms with E-state index in [2.05, 4.69) is 84.1 Å². The Hall–Kier alpha value is -1.73. The van der Waals surface area contributed by atoms with E-state index in [9.17, 15) is 10.5 Å². The average molecular weight is 355 g/mol. The smallest absolute Gasteiger partial charge is 0.153 e. The quantitative estimate of drug-likeness (QED) is 0.385. The number of hydrogen-bond donors (Lipinski definition) is 0. The van der Waals surface area contributed by atoms with Gasteiger partial charge in [0.05, 0.1) is 0 Å². The van der Waals surface area contributed by atoms with Gasteiger partial charge in [0.1, 0.15) is 33.9 Å². The molecule has 0 bridgehead atoms. The molecule has 0 radical (unpaired) electrons. The number of hydrogen-bond acceptors (Lipinski definition) is 2. The molecule has 0 aliphatic carbocycles. The van der Waals surface area contributed by atoms with E-state index < -0.39 is 16.1 Å². The highest BCUT2D eigenvalue weighted by Crippen LogP contribution is 2.40. The molecule has 0 saturated heterocycles. The van der Waals surface area contributed by atoms with Gasteiger partial charge < -0.3 is 0 Å². The SMILES string of the molecule is CC(C)[Si](C#CC(C#C[Si](C)(C)C)=C(C#N)C#N)(C(C)C)C(C)C. The molecular formula is C20H30N2Si2. The molecule has 0 fully saturated rings. The van der Waals surface area contributed by atoms with Gasteiger partial charge in [0, 0.05) is 0 Å². The van der Waals surface area contributed by atoms with Gasteiger partial charge in [0.15, 0.2) is 5.57 Å². The molecule has 0 aliphatic heterocycles. The highest BCUT2D eigenvalue weighted by atomic mass is 28.3. The van der Waals surface area contributed by atoms with Gasteiger partial charge in [-0.05, 0) is 16.6 Å². The van der Waals surface area contributed by atoms with E-state index in [4.69, 9.17) is 0 Å². The van der Waals surface area contributed by atoms with Gasteiger partial charge in [-0.1, -0.05) is 73.0 Å². The van der Waals surface area contributed by atoms with Crippen LogP contribution < -0.4 is 0 Å². The van der Waals surface area contributed by atoms with Crippen LogP contribution in [0, 0.1) is 45.6 Å². The van der Waals surface area contributed by atoms with E-state index in [-0.39, 0.29) is 5.57 Å². The van der Waals surface area contributed by atoms with Crippen molar-refractivity contribution in [1.82, 2.24) is 0 Å². The molecule has 0 atom stereocenters. The van der Waals surface area contributed by atoms with Gasteiger partial charge in [0.2, 0.25) is 0 Å². The first kappa shape index (κ1) is 22.3. The topological polar surface area (TPSA) is 47.6 Å².